The molecule has 0 atom stereocenters. The van der Waals surface area contributed by atoms with Gasteiger partial charge in [0.1, 0.15) is 0 Å². The van der Waals surface area contributed by atoms with Crippen LogP contribution in [0.5, 0.6) is 0 Å². The molecule has 140 valence electrons. The van der Waals surface area contributed by atoms with Crippen molar-refractivity contribution in [1.82, 2.24) is 4.90 Å². The average molecular weight is 328 g/mol. The molecular formula is C21H45NO. The summed E-state index contributed by atoms with van der Waals surface area (Å²) in [5.74, 6) is 0. The molecule has 0 radical (unpaired) electrons. The van der Waals surface area contributed by atoms with E-state index in [-0.39, 0.29) is 0 Å². The normalized spacial score (nSPS) is 11.5. The molecule has 0 saturated carbocycles. The number of hydrogen-bond donors (Lipinski definition) is 0. The molecule has 0 aromatic rings. The maximum Gasteiger partial charge on any atom is 0.0466 e. The Labute approximate surface area is 147 Å². The molecule has 0 N–H and O–H groups in total. The minimum Gasteiger partial charge on any atom is -0.381 e. The van der Waals surface area contributed by atoms with Gasteiger partial charge in [-0.25, -0.2) is 0 Å². The summed E-state index contributed by atoms with van der Waals surface area (Å²) in [6, 6.07) is 0. The van der Waals surface area contributed by atoms with Gasteiger partial charge in [-0.2, -0.15) is 0 Å². The molecule has 2 nitrogen and oxygen atoms in total. The summed E-state index contributed by atoms with van der Waals surface area (Å²) in [7, 11) is 0. The number of unbranched alkanes of at least 4 members (excludes halogenated alkanes) is 11. The van der Waals surface area contributed by atoms with E-state index in [4.69, 9.17) is 4.74 Å². The molecule has 2 heteroatoms. The Morgan fingerprint density at radius 3 is 1.43 bits per heavy atom. The maximum absolute atomic E-state index is 5.75. The van der Waals surface area contributed by atoms with Crippen molar-refractivity contribution in [3.8, 4) is 0 Å². The van der Waals surface area contributed by atoms with Gasteiger partial charge in [0.15, 0.2) is 0 Å². The molecule has 0 aliphatic rings. The van der Waals surface area contributed by atoms with Crippen LogP contribution < -0.4 is 0 Å². The number of nitrogens with zero attached hydrogens (tertiary/aromatic N) is 1. The highest BCUT2D eigenvalue weighted by Crippen LogP contribution is 2.11. The molecule has 0 heterocycles. The molecular weight excluding hydrogens is 282 g/mol. The summed E-state index contributed by atoms with van der Waals surface area (Å²) in [4.78, 5) is 2.49. The van der Waals surface area contributed by atoms with Crippen LogP contribution in [0.1, 0.15) is 104 Å². The fourth-order valence-corrected chi connectivity index (χ4v) is 3.05. The predicted molar refractivity (Wildman–Crippen MR) is 104 cm³/mol. The van der Waals surface area contributed by atoms with Gasteiger partial charge in [0.2, 0.25) is 0 Å². The van der Waals surface area contributed by atoms with Gasteiger partial charge in [-0.15, -0.1) is 0 Å². The van der Waals surface area contributed by atoms with Crippen molar-refractivity contribution in [2.45, 2.75) is 104 Å². The average Bonchev–Trinajstić information content (AvgIpc) is 2.58. The second-order valence-electron chi connectivity index (χ2n) is 6.88. The van der Waals surface area contributed by atoms with E-state index in [0.717, 1.165) is 13.2 Å². The van der Waals surface area contributed by atoms with E-state index in [1.54, 1.807) is 0 Å². The Kier molecular flexibility index (Phi) is 19.9. The van der Waals surface area contributed by atoms with E-state index < -0.39 is 0 Å². The molecule has 0 aromatic carbocycles. The van der Waals surface area contributed by atoms with Crippen LogP contribution in [0.2, 0.25) is 0 Å². The maximum atomic E-state index is 5.75. The summed E-state index contributed by atoms with van der Waals surface area (Å²) in [5, 5.41) is 0. The third-order valence-electron chi connectivity index (χ3n) is 4.80. The van der Waals surface area contributed by atoms with Crippen LogP contribution in [-0.2, 0) is 4.74 Å². The SMILES string of the molecule is CCCCCCCCCCCCCOCCCCN(CC)CC. The Bertz CT molecular complexity index is 204. The summed E-state index contributed by atoms with van der Waals surface area (Å²) >= 11 is 0. The highest BCUT2D eigenvalue weighted by Gasteiger charge is 1.98. The van der Waals surface area contributed by atoms with E-state index in [9.17, 15) is 0 Å². The predicted octanol–water partition coefficient (Wildman–Crippen LogP) is 6.44. The molecule has 0 bridgehead atoms. The molecule has 0 unspecified atom stereocenters. The van der Waals surface area contributed by atoms with Crippen LogP contribution >= 0.6 is 0 Å². The van der Waals surface area contributed by atoms with Crippen molar-refractivity contribution in [2.75, 3.05) is 32.8 Å². The topological polar surface area (TPSA) is 12.5 Å². The van der Waals surface area contributed by atoms with E-state index in [1.165, 1.54) is 103 Å². The Hall–Kier alpha value is -0.0800. The molecule has 0 spiro atoms. The Morgan fingerprint density at radius 1 is 0.522 bits per heavy atom. The van der Waals surface area contributed by atoms with Gasteiger partial charge in [-0.1, -0.05) is 85.0 Å². The lowest BCUT2D eigenvalue weighted by Crippen LogP contribution is -2.24. The van der Waals surface area contributed by atoms with Crippen molar-refractivity contribution in [2.24, 2.45) is 0 Å². The third kappa shape index (κ3) is 18.1. The van der Waals surface area contributed by atoms with Crippen LogP contribution in [0.3, 0.4) is 0 Å². The molecule has 0 saturated heterocycles. The number of rotatable bonds is 19. The first kappa shape index (κ1) is 22.9. The molecule has 0 aliphatic heterocycles. The fraction of sp³-hybridized carbons (Fsp3) is 1.00. The summed E-state index contributed by atoms with van der Waals surface area (Å²) in [6.07, 6.45) is 18.0. The minimum absolute atomic E-state index is 0.957. The molecule has 0 fully saturated rings. The van der Waals surface area contributed by atoms with Gasteiger partial charge in [-0.3, -0.25) is 0 Å². The van der Waals surface area contributed by atoms with Crippen LogP contribution in [0.4, 0.5) is 0 Å². The molecule has 23 heavy (non-hydrogen) atoms. The van der Waals surface area contributed by atoms with Crippen LogP contribution in [-0.4, -0.2) is 37.7 Å². The van der Waals surface area contributed by atoms with E-state index >= 15 is 0 Å². The Morgan fingerprint density at radius 2 is 0.957 bits per heavy atom. The standard InChI is InChI=1S/C21H45NO/c1-4-7-8-9-10-11-12-13-14-15-17-20-23-21-18-16-19-22(5-2)6-3/h4-21H2,1-3H3. The van der Waals surface area contributed by atoms with Crippen molar-refractivity contribution in [1.29, 1.82) is 0 Å². The first-order valence-electron chi connectivity index (χ1n) is 10.6. The lowest BCUT2D eigenvalue weighted by molar-refractivity contribution is 0.123. The fourth-order valence-electron chi connectivity index (χ4n) is 3.05. The van der Waals surface area contributed by atoms with Crippen molar-refractivity contribution < 1.29 is 4.74 Å². The van der Waals surface area contributed by atoms with E-state index in [1.807, 2.05) is 0 Å². The zero-order valence-electron chi connectivity index (χ0n) is 16.6. The molecule has 0 amide bonds. The molecule has 0 aromatic heterocycles. The smallest absolute Gasteiger partial charge is 0.0466 e. The Balaban J connectivity index is 3.02. The second kappa shape index (κ2) is 20.0. The van der Waals surface area contributed by atoms with Gasteiger partial charge in [-0.05, 0) is 38.9 Å². The lowest BCUT2D eigenvalue weighted by Gasteiger charge is -2.17. The summed E-state index contributed by atoms with van der Waals surface area (Å²) in [5.41, 5.74) is 0. The highest BCUT2D eigenvalue weighted by molar-refractivity contribution is 4.52. The van der Waals surface area contributed by atoms with Gasteiger partial charge in [0.05, 0.1) is 0 Å². The van der Waals surface area contributed by atoms with Crippen molar-refractivity contribution in [3.63, 3.8) is 0 Å². The lowest BCUT2D eigenvalue weighted by atomic mass is 10.1. The van der Waals surface area contributed by atoms with Crippen molar-refractivity contribution in [3.05, 3.63) is 0 Å². The van der Waals surface area contributed by atoms with Gasteiger partial charge in [0.25, 0.3) is 0 Å². The van der Waals surface area contributed by atoms with Gasteiger partial charge >= 0.3 is 0 Å². The van der Waals surface area contributed by atoms with Gasteiger partial charge in [0, 0.05) is 13.2 Å². The van der Waals surface area contributed by atoms with Crippen LogP contribution in [0.25, 0.3) is 0 Å². The number of hydrogen-bond acceptors (Lipinski definition) is 2. The largest absolute Gasteiger partial charge is 0.381 e. The zero-order valence-corrected chi connectivity index (χ0v) is 16.6. The van der Waals surface area contributed by atoms with Gasteiger partial charge < -0.3 is 9.64 Å². The first-order valence-corrected chi connectivity index (χ1v) is 10.6. The van der Waals surface area contributed by atoms with E-state index in [2.05, 4.69) is 25.7 Å². The van der Waals surface area contributed by atoms with Crippen LogP contribution in [0.15, 0.2) is 0 Å². The first-order chi connectivity index (χ1) is 11.3. The van der Waals surface area contributed by atoms with Crippen molar-refractivity contribution >= 4 is 0 Å². The summed E-state index contributed by atoms with van der Waals surface area (Å²) in [6.45, 7) is 12.3. The summed E-state index contributed by atoms with van der Waals surface area (Å²) < 4.78 is 5.75. The molecule has 0 rings (SSSR count). The van der Waals surface area contributed by atoms with Crippen LogP contribution in [0, 0.1) is 0 Å². The zero-order chi connectivity index (χ0) is 17.0. The molecule has 0 aliphatic carbocycles. The quantitative estimate of drug-likeness (QED) is 0.253. The second-order valence-corrected chi connectivity index (χ2v) is 6.88. The highest BCUT2D eigenvalue weighted by atomic mass is 16.5. The third-order valence-corrected chi connectivity index (χ3v) is 4.80. The number of ether oxygens (including phenoxy) is 1. The monoisotopic (exact) mass is 327 g/mol. The minimum atomic E-state index is 0.957. The van der Waals surface area contributed by atoms with E-state index in [0.29, 0.717) is 0 Å².